The van der Waals surface area contributed by atoms with Gasteiger partial charge in [0, 0.05) is 42.0 Å². The number of anilines is 1. The van der Waals surface area contributed by atoms with Gasteiger partial charge in [0.2, 0.25) is 15.9 Å². The number of primary amides is 1. The van der Waals surface area contributed by atoms with Crippen molar-refractivity contribution in [2.24, 2.45) is 5.73 Å². The average Bonchev–Trinajstić information content (AvgIpc) is 3.59. The van der Waals surface area contributed by atoms with Crippen LogP contribution in [0.3, 0.4) is 0 Å². The number of allylic oxidation sites excluding steroid dienone is 1. The number of nitrogens with one attached hydrogen (secondary N) is 1. The summed E-state index contributed by atoms with van der Waals surface area (Å²) in [5.74, 6) is -1.01. The highest BCUT2D eigenvalue weighted by atomic mass is 35.5. The first-order valence-corrected chi connectivity index (χ1v) is 15.2. The normalized spacial score (nSPS) is 15.8. The molecular weight excluding hydrogens is 611 g/mol. The van der Waals surface area contributed by atoms with E-state index in [0.717, 1.165) is 5.41 Å². The summed E-state index contributed by atoms with van der Waals surface area (Å²) in [5, 5.41) is 9.31. The number of sulfonamides is 1. The number of halogens is 2. The van der Waals surface area contributed by atoms with E-state index in [-0.39, 0.29) is 29.7 Å². The molecule has 4 rings (SSSR count). The Morgan fingerprint density at radius 2 is 2.02 bits per heavy atom. The molecule has 0 radical (unpaired) electrons. The molecule has 1 saturated heterocycles. The van der Waals surface area contributed by atoms with Crippen molar-refractivity contribution in [2.45, 2.75) is 25.9 Å². The molecule has 3 aromatic rings. The van der Waals surface area contributed by atoms with Gasteiger partial charge in [0.15, 0.2) is 12.4 Å². The monoisotopic (exact) mass is 640 g/mol. The summed E-state index contributed by atoms with van der Waals surface area (Å²) >= 11 is 7.18. The van der Waals surface area contributed by atoms with Crippen LogP contribution >= 0.6 is 22.9 Å². The highest BCUT2D eigenvalue weighted by Crippen LogP contribution is 2.29. The topological polar surface area (TPSA) is 168 Å². The van der Waals surface area contributed by atoms with Crippen molar-refractivity contribution in [1.82, 2.24) is 14.3 Å². The van der Waals surface area contributed by atoms with Crippen molar-refractivity contribution < 1.29 is 36.8 Å². The first-order chi connectivity index (χ1) is 19.7. The summed E-state index contributed by atoms with van der Waals surface area (Å²) in [6.45, 7) is 1.78. The van der Waals surface area contributed by atoms with E-state index in [4.69, 9.17) is 27.2 Å². The van der Waals surface area contributed by atoms with Gasteiger partial charge in [0.1, 0.15) is 18.4 Å². The fraction of sp³-hybridized carbons (Fsp3) is 0.308. The minimum Gasteiger partial charge on any atom is -0.554 e. The number of hydrogen-bond acceptors (Lipinski definition) is 8. The molecule has 3 N–H and O–H groups in total. The Balaban J connectivity index is 0.00000155. The smallest absolute Gasteiger partial charge is 0.272 e. The number of amides is 2. The molecule has 3 heterocycles. The fourth-order valence-corrected chi connectivity index (χ4v) is 6.85. The van der Waals surface area contributed by atoms with Crippen LogP contribution in [0.2, 0.25) is 4.34 Å². The number of carbonyl (C=O) groups is 3. The largest absolute Gasteiger partial charge is 0.554 e. The van der Waals surface area contributed by atoms with Gasteiger partial charge in [0.25, 0.3) is 5.91 Å². The first kappa shape index (κ1) is 32.9. The van der Waals surface area contributed by atoms with Crippen LogP contribution in [0, 0.1) is 5.82 Å². The van der Waals surface area contributed by atoms with Gasteiger partial charge in [-0.05, 0) is 43.2 Å². The van der Waals surface area contributed by atoms with Gasteiger partial charge in [0.05, 0.1) is 29.5 Å². The summed E-state index contributed by atoms with van der Waals surface area (Å²) in [6, 6.07) is 6.80. The van der Waals surface area contributed by atoms with E-state index in [2.05, 4.69) is 9.71 Å². The molecule has 16 heteroatoms. The number of imidazole rings is 1. The lowest BCUT2D eigenvalue weighted by molar-refractivity contribution is -0.896. The SMILES string of the molecule is C/C(=C\S(=O)(=O)N[C@H]1CCN(c2ccc(-n3ccnc3C[N+](C)(C)CC(N)=O)cc2F)C1=O)c1ccc(Cl)s1.O=C[O-]. The Morgan fingerprint density at radius 3 is 2.62 bits per heavy atom. The predicted molar refractivity (Wildman–Crippen MR) is 155 cm³/mol. The number of nitrogens with zero attached hydrogens (tertiary/aromatic N) is 4. The fourth-order valence-electron chi connectivity index (χ4n) is 4.49. The van der Waals surface area contributed by atoms with E-state index in [9.17, 15) is 18.0 Å². The summed E-state index contributed by atoms with van der Waals surface area (Å²) in [4.78, 5) is 39.0. The van der Waals surface area contributed by atoms with Crippen LogP contribution in [-0.4, -0.2) is 74.0 Å². The zero-order valence-electron chi connectivity index (χ0n) is 23.0. The number of carbonyl (C=O) groups excluding carboxylic acids is 3. The minimum atomic E-state index is -3.95. The second-order valence-corrected chi connectivity index (χ2v) is 13.3. The van der Waals surface area contributed by atoms with E-state index < -0.39 is 40.2 Å². The van der Waals surface area contributed by atoms with Gasteiger partial charge < -0.3 is 25.0 Å². The number of aromatic nitrogens is 2. The molecule has 0 saturated carbocycles. The second-order valence-electron chi connectivity index (χ2n) is 10.1. The van der Waals surface area contributed by atoms with Crippen molar-refractivity contribution in [3.8, 4) is 5.69 Å². The zero-order chi connectivity index (χ0) is 31.2. The van der Waals surface area contributed by atoms with E-state index in [1.165, 1.54) is 28.4 Å². The molecule has 0 aliphatic carbocycles. The number of hydrogen-bond donors (Lipinski definition) is 2. The van der Waals surface area contributed by atoms with Crippen LogP contribution in [-0.2, 0) is 31.0 Å². The van der Waals surface area contributed by atoms with Gasteiger partial charge in [-0.1, -0.05) is 11.6 Å². The first-order valence-electron chi connectivity index (χ1n) is 12.4. The van der Waals surface area contributed by atoms with Gasteiger partial charge in [-0.15, -0.1) is 11.3 Å². The number of nitrogens with two attached hydrogens (primary N) is 1. The molecule has 1 fully saturated rings. The van der Waals surface area contributed by atoms with Gasteiger partial charge in [-0.3, -0.25) is 14.2 Å². The van der Waals surface area contributed by atoms with Crippen molar-refractivity contribution in [2.75, 3.05) is 32.1 Å². The van der Waals surface area contributed by atoms with E-state index >= 15 is 4.39 Å². The number of benzene rings is 1. The molecule has 1 aliphatic heterocycles. The Kier molecular flexibility index (Phi) is 10.6. The zero-order valence-corrected chi connectivity index (χ0v) is 25.4. The van der Waals surface area contributed by atoms with Crippen molar-refractivity contribution in [3.63, 3.8) is 0 Å². The van der Waals surface area contributed by atoms with Gasteiger partial charge in [-0.2, -0.15) is 4.72 Å². The molecule has 0 bridgehead atoms. The number of quaternary nitrogens is 1. The molecular formula is C26H30ClFN6O6S2. The molecule has 1 aliphatic rings. The third kappa shape index (κ3) is 8.45. The van der Waals surface area contributed by atoms with E-state index in [1.54, 1.807) is 42.1 Å². The Labute approximate surface area is 251 Å². The van der Waals surface area contributed by atoms with Crippen LogP contribution in [0.15, 0.2) is 48.1 Å². The molecule has 1 atom stereocenters. The van der Waals surface area contributed by atoms with Crippen molar-refractivity contribution in [3.05, 3.63) is 69.0 Å². The van der Waals surface area contributed by atoms with Crippen LogP contribution in [0.25, 0.3) is 11.3 Å². The second kappa shape index (κ2) is 13.6. The van der Waals surface area contributed by atoms with Crippen molar-refractivity contribution >= 4 is 62.5 Å². The lowest BCUT2D eigenvalue weighted by Crippen LogP contribution is -2.45. The quantitative estimate of drug-likeness (QED) is 0.248. The average molecular weight is 641 g/mol. The third-order valence-corrected chi connectivity index (χ3v) is 8.82. The summed E-state index contributed by atoms with van der Waals surface area (Å²) < 4.78 is 45.6. The highest BCUT2D eigenvalue weighted by Gasteiger charge is 2.36. The van der Waals surface area contributed by atoms with Gasteiger partial charge >= 0.3 is 0 Å². The van der Waals surface area contributed by atoms with Crippen LogP contribution in [0.4, 0.5) is 10.1 Å². The molecule has 0 unspecified atom stereocenters. The Bertz CT molecular complexity index is 1600. The predicted octanol–water partition coefficient (Wildman–Crippen LogP) is 1.24. The molecule has 12 nitrogen and oxygen atoms in total. The van der Waals surface area contributed by atoms with Crippen LogP contribution < -0.4 is 20.5 Å². The molecule has 2 amide bonds. The maximum atomic E-state index is 15.3. The molecule has 226 valence electrons. The number of rotatable bonds is 10. The Hall–Kier alpha value is -3.63. The summed E-state index contributed by atoms with van der Waals surface area (Å²) in [5.41, 5.74) is 6.37. The number of thiophene rings is 1. The Morgan fingerprint density at radius 1 is 1.33 bits per heavy atom. The van der Waals surface area contributed by atoms with E-state index in [1.807, 2.05) is 14.1 Å². The third-order valence-electron chi connectivity index (χ3n) is 6.18. The maximum absolute atomic E-state index is 15.3. The molecule has 1 aromatic carbocycles. The van der Waals surface area contributed by atoms with Crippen LogP contribution in [0.1, 0.15) is 24.0 Å². The maximum Gasteiger partial charge on any atom is 0.272 e. The van der Waals surface area contributed by atoms with Gasteiger partial charge in [-0.25, -0.2) is 17.8 Å². The molecule has 2 aromatic heterocycles. The summed E-state index contributed by atoms with van der Waals surface area (Å²) in [7, 11) is -0.267. The molecule has 42 heavy (non-hydrogen) atoms. The van der Waals surface area contributed by atoms with E-state index in [0.29, 0.717) is 32.8 Å². The van der Waals surface area contributed by atoms with Crippen molar-refractivity contribution in [1.29, 1.82) is 0 Å². The lowest BCUT2D eigenvalue weighted by Gasteiger charge is -2.28. The lowest BCUT2D eigenvalue weighted by atomic mass is 10.2. The molecule has 0 spiro atoms. The highest BCUT2D eigenvalue weighted by molar-refractivity contribution is 7.92. The number of likely N-dealkylation sites (N-methyl/N-ethyl adjacent to an activating group) is 1. The number of carboxylic acid groups (broad SMARTS) is 1. The summed E-state index contributed by atoms with van der Waals surface area (Å²) in [6.07, 6.45) is 3.45. The minimum absolute atomic E-state index is 0.0527. The standard InChI is InChI=1S/C25H28ClFN6O4S2.CH2O2/c1-16(21-6-7-22(26)38-21)15-39(36,37)30-19-8-10-32(25(19)35)20-5-4-17(12-18(20)27)31-11-9-29-24(31)14-33(2,3)13-23(28)34;2-1-3/h4-7,9,11-12,15,19,30H,8,10,13-14H2,1-3H3,(H-,28,34);1H,(H,2,3)/b16-15+;/t19-;/m0./s1. The van der Waals surface area contributed by atoms with Crippen LogP contribution in [0.5, 0.6) is 0 Å².